The molecule has 0 aliphatic heterocycles. The van der Waals surface area contributed by atoms with Crippen molar-refractivity contribution >= 4 is 21.6 Å². The summed E-state index contributed by atoms with van der Waals surface area (Å²) in [6.07, 6.45) is 6.18. The van der Waals surface area contributed by atoms with Crippen molar-refractivity contribution in [2.75, 3.05) is 6.54 Å². The van der Waals surface area contributed by atoms with Crippen LogP contribution in [0, 0.1) is 11.8 Å². The summed E-state index contributed by atoms with van der Waals surface area (Å²) in [7, 11) is -3.56. The van der Waals surface area contributed by atoms with Crippen LogP contribution in [0.2, 0.25) is 5.15 Å². The number of hydrogen-bond acceptors (Lipinski definition) is 3. The van der Waals surface area contributed by atoms with Gasteiger partial charge in [-0.3, -0.25) is 0 Å². The Morgan fingerprint density at radius 3 is 2.84 bits per heavy atom. The zero-order chi connectivity index (χ0) is 13.9. The highest BCUT2D eigenvalue weighted by Crippen LogP contribution is 2.29. The van der Waals surface area contributed by atoms with Gasteiger partial charge in [0.05, 0.1) is 0 Å². The Kier molecular flexibility index (Phi) is 4.81. The summed E-state index contributed by atoms with van der Waals surface area (Å²) in [6.45, 7) is 2.67. The van der Waals surface area contributed by atoms with Crippen molar-refractivity contribution in [3.63, 3.8) is 0 Å². The van der Waals surface area contributed by atoms with Crippen LogP contribution < -0.4 is 4.72 Å². The smallest absolute Gasteiger partial charge is 0.243 e. The van der Waals surface area contributed by atoms with Crippen molar-refractivity contribution in [1.82, 2.24) is 9.71 Å². The van der Waals surface area contributed by atoms with Crippen molar-refractivity contribution in [1.29, 1.82) is 0 Å². The molecule has 0 aromatic carbocycles. The predicted molar refractivity (Wildman–Crippen MR) is 75.6 cm³/mol. The van der Waals surface area contributed by atoms with Crippen molar-refractivity contribution in [3.8, 4) is 0 Å². The molecule has 1 aliphatic carbocycles. The summed E-state index contributed by atoms with van der Waals surface area (Å²) < 4.78 is 27.0. The van der Waals surface area contributed by atoms with Gasteiger partial charge in [-0.2, -0.15) is 0 Å². The largest absolute Gasteiger partial charge is 0.243 e. The fraction of sp³-hybridized carbons (Fsp3) is 0.615. The topological polar surface area (TPSA) is 59.1 Å². The fourth-order valence-electron chi connectivity index (χ4n) is 2.56. The minimum absolute atomic E-state index is 0.0201. The van der Waals surface area contributed by atoms with Gasteiger partial charge in [-0.25, -0.2) is 18.1 Å². The molecule has 1 heterocycles. The Hall–Kier alpha value is -0.650. The molecule has 0 spiro atoms. The normalized spacial score (nSPS) is 24.3. The first-order valence-electron chi connectivity index (χ1n) is 6.61. The summed E-state index contributed by atoms with van der Waals surface area (Å²) in [4.78, 5) is 3.86. The van der Waals surface area contributed by atoms with E-state index < -0.39 is 10.0 Å². The highest BCUT2D eigenvalue weighted by atomic mass is 35.5. The summed E-state index contributed by atoms with van der Waals surface area (Å²) >= 11 is 5.83. The van der Waals surface area contributed by atoms with Gasteiger partial charge in [0.25, 0.3) is 0 Å². The van der Waals surface area contributed by atoms with Crippen molar-refractivity contribution in [3.05, 3.63) is 23.5 Å². The molecule has 2 unspecified atom stereocenters. The maximum Gasteiger partial charge on any atom is 0.243 e. The number of rotatable bonds is 4. The van der Waals surface area contributed by atoms with E-state index in [2.05, 4.69) is 16.6 Å². The molecule has 0 saturated heterocycles. The van der Waals surface area contributed by atoms with Crippen LogP contribution in [0.1, 0.15) is 32.6 Å². The first-order chi connectivity index (χ1) is 9.00. The number of nitrogens with zero attached hydrogens (tertiary/aromatic N) is 1. The van der Waals surface area contributed by atoms with Gasteiger partial charge in [0.15, 0.2) is 0 Å². The number of hydrogen-bond donors (Lipinski definition) is 1. The van der Waals surface area contributed by atoms with Gasteiger partial charge in [-0.1, -0.05) is 37.8 Å². The Morgan fingerprint density at radius 1 is 1.42 bits per heavy atom. The molecule has 1 N–H and O–H groups in total. The van der Waals surface area contributed by atoms with Crippen LogP contribution >= 0.6 is 11.6 Å². The molecule has 4 nitrogen and oxygen atoms in total. The zero-order valence-corrected chi connectivity index (χ0v) is 12.5. The van der Waals surface area contributed by atoms with E-state index in [1.807, 2.05) is 0 Å². The molecular formula is C13H19ClN2O2S. The lowest BCUT2D eigenvalue weighted by molar-refractivity contribution is 0.257. The van der Waals surface area contributed by atoms with E-state index >= 15 is 0 Å². The van der Waals surface area contributed by atoms with Gasteiger partial charge in [0, 0.05) is 12.7 Å². The summed E-state index contributed by atoms with van der Waals surface area (Å²) in [5, 5.41) is 0.0201. The lowest BCUT2D eigenvalue weighted by atomic mass is 9.81. The first kappa shape index (κ1) is 14.8. The lowest BCUT2D eigenvalue weighted by Gasteiger charge is -2.28. The molecular weight excluding hydrogens is 284 g/mol. The summed E-state index contributed by atoms with van der Waals surface area (Å²) in [5.41, 5.74) is 0. The first-order valence-corrected chi connectivity index (χ1v) is 8.47. The molecule has 2 atom stereocenters. The van der Waals surface area contributed by atoms with E-state index in [-0.39, 0.29) is 10.0 Å². The highest BCUT2D eigenvalue weighted by molar-refractivity contribution is 7.89. The second-order valence-electron chi connectivity index (χ2n) is 5.17. The monoisotopic (exact) mass is 302 g/mol. The van der Waals surface area contributed by atoms with Gasteiger partial charge in [-0.05, 0) is 30.4 Å². The van der Waals surface area contributed by atoms with E-state index in [4.69, 9.17) is 11.6 Å². The standard InChI is InChI=1S/C13H19ClN2O2S/c1-10-5-2-3-6-11(10)9-16-19(17,18)12-7-4-8-15-13(12)14/h4,7-8,10-11,16H,2-3,5-6,9H2,1H3. The minimum Gasteiger partial charge on any atom is -0.243 e. The molecule has 1 aliphatic rings. The van der Waals surface area contributed by atoms with Crippen LogP contribution in [0.25, 0.3) is 0 Å². The second kappa shape index (κ2) is 6.20. The maximum absolute atomic E-state index is 12.2. The minimum atomic E-state index is -3.56. The summed E-state index contributed by atoms with van der Waals surface area (Å²) in [6, 6.07) is 3.05. The van der Waals surface area contributed by atoms with Crippen LogP contribution in [0.3, 0.4) is 0 Å². The molecule has 0 radical (unpaired) electrons. The van der Waals surface area contributed by atoms with Crippen LogP contribution in [0.15, 0.2) is 23.2 Å². The zero-order valence-electron chi connectivity index (χ0n) is 11.0. The van der Waals surface area contributed by atoms with Gasteiger partial charge < -0.3 is 0 Å². The number of aromatic nitrogens is 1. The lowest BCUT2D eigenvalue weighted by Crippen LogP contribution is -2.33. The number of sulfonamides is 1. The van der Waals surface area contributed by atoms with Crippen LogP contribution in [0.5, 0.6) is 0 Å². The molecule has 1 aromatic rings. The van der Waals surface area contributed by atoms with Gasteiger partial charge in [0.1, 0.15) is 10.0 Å². The maximum atomic E-state index is 12.2. The molecule has 106 valence electrons. The fourth-order valence-corrected chi connectivity index (χ4v) is 4.11. The third kappa shape index (κ3) is 3.68. The van der Waals surface area contributed by atoms with Gasteiger partial charge in [0.2, 0.25) is 10.0 Å². The van der Waals surface area contributed by atoms with Crippen LogP contribution in [-0.4, -0.2) is 19.9 Å². The Balaban J connectivity index is 2.04. The quantitative estimate of drug-likeness (QED) is 0.870. The SMILES string of the molecule is CC1CCCCC1CNS(=O)(=O)c1cccnc1Cl. The predicted octanol–water partition coefficient (Wildman–Crippen LogP) is 2.84. The van der Waals surface area contributed by atoms with Gasteiger partial charge in [-0.15, -0.1) is 0 Å². The molecule has 1 fully saturated rings. The molecule has 1 aromatic heterocycles. The molecule has 1 saturated carbocycles. The molecule has 19 heavy (non-hydrogen) atoms. The summed E-state index contributed by atoms with van der Waals surface area (Å²) in [5.74, 6) is 0.986. The highest BCUT2D eigenvalue weighted by Gasteiger charge is 2.24. The van der Waals surface area contributed by atoms with E-state index in [0.29, 0.717) is 18.4 Å². The van der Waals surface area contributed by atoms with Crippen LogP contribution in [0.4, 0.5) is 0 Å². The molecule has 0 bridgehead atoms. The molecule has 0 amide bonds. The van der Waals surface area contributed by atoms with E-state index in [1.165, 1.54) is 31.5 Å². The van der Waals surface area contributed by atoms with Gasteiger partial charge >= 0.3 is 0 Å². The van der Waals surface area contributed by atoms with E-state index in [1.54, 1.807) is 6.07 Å². The third-order valence-corrected chi connectivity index (χ3v) is 5.71. The van der Waals surface area contributed by atoms with E-state index in [9.17, 15) is 8.42 Å². The second-order valence-corrected chi connectivity index (χ2v) is 7.26. The van der Waals surface area contributed by atoms with Crippen molar-refractivity contribution in [2.24, 2.45) is 11.8 Å². The number of halogens is 1. The molecule has 2 rings (SSSR count). The van der Waals surface area contributed by atoms with Crippen molar-refractivity contribution < 1.29 is 8.42 Å². The van der Waals surface area contributed by atoms with Crippen LogP contribution in [-0.2, 0) is 10.0 Å². The average molecular weight is 303 g/mol. The van der Waals surface area contributed by atoms with Crippen molar-refractivity contribution in [2.45, 2.75) is 37.5 Å². The number of nitrogens with one attached hydrogen (secondary N) is 1. The Morgan fingerprint density at radius 2 is 2.16 bits per heavy atom. The number of pyridine rings is 1. The Labute approximate surface area is 119 Å². The third-order valence-electron chi connectivity index (χ3n) is 3.84. The molecule has 6 heteroatoms. The average Bonchev–Trinajstić information content (AvgIpc) is 2.38. The van der Waals surface area contributed by atoms with E-state index in [0.717, 1.165) is 6.42 Å². The Bertz CT molecular complexity index is 533.